The molecular formula is C14H18N2O2S. The van der Waals surface area contributed by atoms with Crippen LogP contribution in [-0.2, 0) is 4.74 Å². The van der Waals surface area contributed by atoms with Gasteiger partial charge in [-0.2, -0.15) is 17.0 Å². The van der Waals surface area contributed by atoms with Crippen LogP contribution in [0.15, 0.2) is 24.3 Å². The Kier molecular flexibility index (Phi) is 7.01. The fourth-order valence-corrected chi connectivity index (χ4v) is 2.06. The van der Waals surface area contributed by atoms with Gasteiger partial charge >= 0.3 is 0 Å². The van der Waals surface area contributed by atoms with Gasteiger partial charge < -0.3 is 10.1 Å². The molecule has 4 nitrogen and oxygen atoms in total. The normalized spacial score (nSPS) is 11.6. The van der Waals surface area contributed by atoms with Gasteiger partial charge in [0, 0.05) is 19.2 Å². The molecule has 1 amide bonds. The molecule has 1 aromatic carbocycles. The van der Waals surface area contributed by atoms with E-state index in [0.29, 0.717) is 17.7 Å². The van der Waals surface area contributed by atoms with E-state index in [9.17, 15) is 4.79 Å². The molecule has 0 heterocycles. The van der Waals surface area contributed by atoms with Crippen molar-refractivity contribution < 1.29 is 9.53 Å². The van der Waals surface area contributed by atoms with Gasteiger partial charge in [0.25, 0.3) is 5.91 Å². The number of methoxy groups -OCH3 is 1. The summed E-state index contributed by atoms with van der Waals surface area (Å²) >= 11 is 1.76. The number of carbonyl (C=O) groups excluding carboxylic acids is 1. The van der Waals surface area contributed by atoms with E-state index in [1.807, 2.05) is 12.3 Å². The molecule has 0 fully saturated rings. The van der Waals surface area contributed by atoms with Crippen molar-refractivity contribution in [3.8, 4) is 6.07 Å². The van der Waals surface area contributed by atoms with Crippen LogP contribution in [0.2, 0.25) is 0 Å². The first-order valence-corrected chi connectivity index (χ1v) is 7.40. The summed E-state index contributed by atoms with van der Waals surface area (Å²) in [6, 6.07) is 8.59. The Balaban J connectivity index is 2.47. The van der Waals surface area contributed by atoms with E-state index in [1.54, 1.807) is 43.1 Å². The first-order chi connectivity index (χ1) is 9.21. The van der Waals surface area contributed by atoms with Gasteiger partial charge in [-0.3, -0.25) is 4.79 Å². The second kappa shape index (κ2) is 8.57. The second-order valence-electron chi connectivity index (χ2n) is 4.04. The first-order valence-electron chi connectivity index (χ1n) is 6.01. The summed E-state index contributed by atoms with van der Waals surface area (Å²) in [6.45, 7) is 0.496. The summed E-state index contributed by atoms with van der Waals surface area (Å²) < 4.78 is 5.30. The number of nitrogens with zero attached hydrogens (tertiary/aromatic N) is 1. The van der Waals surface area contributed by atoms with Crippen LogP contribution in [0.5, 0.6) is 0 Å². The molecule has 1 aromatic rings. The molecule has 19 heavy (non-hydrogen) atoms. The summed E-state index contributed by atoms with van der Waals surface area (Å²) in [5.74, 6) is 0.862. The molecule has 5 heteroatoms. The lowest BCUT2D eigenvalue weighted by Gasteiger charge is -2.15. The predicted molar refractivity (Wildman–Crippen MR) is 77.3 cm³/mol. The van der Waals surface area contributed by atoms with Gasteiger partial charge in [0.05, 0.1) is 17.7 Å². The van der Waals surface area contributed by atoms with Crippen molar-refractivity contribution in [3.05, 3.63) is 35.4 Å². The number of nitriles is 1. The zero-order valence-electron chi connectivity index (χ0n) is 11.2. The zero-order valence-corrected chi connectivity index (χ0v) is 12.0. The number of amides is 1. The monoisotopic (exact) mass is 278 g/mol. The van der Waals surface area contributed by atoms with Gasteiger partial charge in [0.2, 0.25) is 0 Å². The van der Waals surface area contributed by atoms with Crippen LogP contribution in [0.4, 0.5) is 0 Å². The Morgan fingerprint density at radius 2 is 2.16 bits per heavy atom. The number of benzene rings is 1. The van der Waals surface area contributed by atoms with Crippen molar-refractivity contribution in [2.45, 2.75) is 12.5 Å². The molecule has 102 valence electrons. The minimum Gasteiger partial charge on any atom is -0.380 e. The maximum Gasteiger partial charge on any atom is 0.251 e. The number of nitrogens with one attached hydrogen (secondary N) is 1. The number of thioether (sulfide) groups is 1. The molecule has 1 N–H and O–H groups in total. The van der Waals surface area contributed by atoms with Crippen molar-refractivity contribution >= 4 is 17.7 Å². The Bertz CT molecular complexity index is 440. The van der Waals surface area contributed by atoms with Crippen LogP contribution in [0, 0.1) is 11.3 Å². The van der Waals surface area contributed by atoms with Crippen LogP contribution in [0.3, 0.4) is 0 Å². The maximum absolute atomic E-state index is 11.9. The Labute approximate surface area is 118 Å². The number of hydrogen-bond acceptors (Lipinski definition) is 4. The van der Waals surface area contributed by atoms with E-state index in [4.69, 9.17) is 10.00 Å². The Hall–Kier alpha value is -1.51. The molecule has 0 spiro atoms. The third kappa shape index (κ3) is 5.33. The largest absolute Gasteiger partial charge is 0.380 e. The molecule has 1 atom stereocenters. The molecule has 0 saturated carbocycles. The quantitative estimate of drug-likeness (QED) is 0.829. The fourth-order valence-electron chi connectivity index (χ4n) is 1.56. The summed E-state index contributed by atoms with van der Waals surface area (Å²) in [6.07, 6.45) is 2.99. The van der Waals surface area contributed by atoms with Crippen LogP contribution < -0.4 is 5.32 Å². The molecule has 0 aliphatic rings. The van der Waals surface area contributed by atoms with E-state index in [2.05, 4.69) is 5.32 Å². The lowest BCUT2D eigenvalue weighted by molar-refractivity contribution is 0.0819. The highest BCUT2D eigenvalue weighted by molar-refractivity contribution is 7.98. The third-order valence-electron chi connectivity index (χ3n) is 2.74. The summed E-state index contributed by atoms with van der Waals surface area (Å²) in [7, 11) is 1.65. The van der Waals surface area contributed by atoms with Gasteiger partial charge in [0.1, 0.15) is 0 Å². The average Bonchev–Trinajstić information content (AvgIpc) is 2.47. The lowest BCUT2D eigenvalue weighted by atomic mass is 10.1. The van der Waals surface area contributed by atoms with Crippen molar-refractivity contribution in [2.24, 2.45) is 0 Å². The van der Waals surface area contributed by atoms with Crippen LogP contribution in [0.1, 0.15) is 22.3 Å². The van der Waals surface area contributed by atoms with Crippen molar-refractivity contribution in [3.63, 3.8) is 0 Å². The first kappa shape index (κ1) is 15.5. The molecular weight excluding hydrogens is 260 g/mol. The third-order valence-corrected chi connectivity index (χ3v) is 3.39. The maximum atomic E-state index is 11.9. The lowest BCUT2D eigenvalue weighted by Crippen LogP contribution is -2.33. The summed E-state index contributed by atoms with van der Waals surface area (Å²) in [5.41, 5.74) is 1.10. The number of ether oxygens (including phenoxy) is 1. The molecule has 0 radical (unpaired) electrons. The molecule has 0 aliphatic carbocycles. The Morgan fingerprint density at radius 3 is 2.68 bits per heavy atom. The molecule has 0 aromatic heterocycles. The number of hydrogen-bond donors (Lipinski definition) is 1. The van der Waals surface area contributed by atoms with Crippen LogP contribution in [0.25, 0.3) is 0 Å². The highest BCUT2D eigenvalue weighted by Crippen LogP contribution is 2.05. The Morgan fingerprint density at radius 1 is 1.47 bits per heavy atom. The predicted octanol–water partition coefficient (Wildman–Crippen LogP) is 2.06. The van der Waals surface area contributed by atoms with Crippen molar-refractivity contribution in [2.75, 3.05) is 25.7 Å². The van der Waals surface area contributed by atoms with Crippen LogP contribution in [-0.4, -0.2) is 37.7 Å². The fraction of sp³-hybridized carbons (Fsp3) is 0.429. The highest BCUT2D eigenvalue weighted by atomic mass is 32.2. The molecule has 0 bridgehead atoms. The minimum absolute atomic E-state index is 0.0368. The van der Waals surface area contributed by atoms with Gasteiger partial charge in [-0.1, -0.05) is 0 Å². The smallest absolute Gasteiger partial charge is 0.251 e. The number of carbonyl (C=O) groups is 1. The molecule has 0 aliphatic heterocycles. The van der Waals surface area contributed by atoms with Gasteiger partial charge in [-0.15, -0.1) is 0 Å². The second-order valence-corrected chi connectivity index (χ2v) is 5.02. The van der Waals surface area contributed by atoms with Gasteiger partial charge in [-0.25, -0.2) is 0 Å². The van der Waals surface area contributed by atoms with Crippen molar-refractivity contribution in [1.29, 1.82) is 5.26 Å². The standard InChI is InChI=1S/C14H18N2O2S/c1-18-13(7-8-19-2)10-16-14(17)12-5-3-11(9-15)4-6-12/h3-6,13H,7-8,10H2,1-2H3,(H,16,17). The van der Waals surface area contributed by atoms with E-state index in [-0.39, 0.29) is 12.0 Å². The molecule has 1 unspecified atom stereocenters. The molecule has 0 saturated heterocycles. The minimum atomic E-state index is -0.143. The highest BCUT2D eigenvalue weighted by Gasteiger charge is 2.10. The average molecular weight is 278 g/mol. The van der Waals surface area contributed by atoms with Crippen LogP contribution >= 0.6 is 11.8 Å². The van der Waals surface area contributed by atoms with Gasteiger partial charge in [-0.05, 0) is 42.7 Å². The molecule has 1 rings (SSSR count). The SMILES string of the molecule is COC(CCSC)CNC(=O)c1ccc(C#N)cc1. The van der Waals surface area contributed by atoms with E-state index in [1.165, 1.54) is 0 Å². The summed E-state index contributed by atoms with van der Waals surface area (Å²) in [4.78, 5) is 11.9. The van der Waals surface area contributed by atoms with Crippen molar-refractivity contribution in [1.82, 2.24) is 5.32 Å². The number of rotatable bonds is 7. The van der Waals surface area contributed by atoms with E-state index in [0.717, 1.165) is 12.2 Å². The van der Waals surface area contributed by atoms with E-state index < -0.39 is 0 Å². The zero-order chi connectivity index (χ0) is 14.1. The van der Waals surface area contributed by atoms with Gasteiger partial charge in [0.15, 0.2) is 0 Å². The summed E-state index contributed by atoms with van der Waals surface area (Å²) in [5, 5.41) is 11.5. The topological polar surface area (TPSA) is 62.1 Å². The van der Waals surface area contributed by atoms with E-state index >= 15 is 0 Å².